The van der Waals surface area contributed by atoms with Crippen LogP contribution in [-0.4, -0.2) is 31.1 Å². The number of carboxylic acids is 1. The van der Waals surface area contributed by atoms with Gasteiger partial charge in [0.2, 0.25) is 5.91 Å². The van der Waals surface area contributed by atoms with E-state index in [0.717, 1.165) is 0 Å². The van der Waals surface area contributed by atoms with Crippen LogP contribution in [0.15, 0.2) is 28.3 Å². The first kappa shape index (κ1) is 21.9. The van der Waals surface area contributed by atoms with Crippen molar-refractivity contribution in [1.29, 1.82) is 0 Å². The number of hydrogen-bond acceptors (Lipinski definition) is 2. The van der Waals surface area contributed by atoms with Crippen molar-refractivity contribution < 1.29 is 14.7 Å². The molecule has 0 spiro atoms. The first-order chi connectivity index (χ1) is 12.3. The maximum Gasteiger partial charge on any atom is 0.309 e. The van der Waals surface area contributed by atoms with Crippen molar-refractivity contribution in [3.05, 3.63) is 38.3 Å². The van der Waals surface area contributed by atoms with Gasteiger partial charge in [0.1, 0.15) is 9.75 Å². The second kappa shape index (κ2) is 6.88. The lowest BCUT2D eigenvalue weighted by atomic mass is 9.81. The van der Waals surface area contributed by atoms with E-state index in [4.69, 9.17) is 92.8 Å². The lowest BCUT2D eigenvalue weighted by molar-refractivity contribution is -0.146. The van der Waals surface area contributed by atoms with E-state index >= 15 is 0 Å². The zero-order valence-electron chi connectivity index (χ0n) is 12.7. The average molecular weight is 533 g/mol. The fourth-order valence-electron chi connectivity index (χ4n) is 3.44. The highest BCUT2D eigenvalue weighted by Gasteiger charge is 2.85. The zero-order chi connectivity index (χ0) is 20.5. The van der Waals surface area contributed by atoms with Crippen LogP contribution in [-0.2, 0) is 9.59 Å². The maximum absolute atomic E-state index is 13.0. The van der Waals surface area contributed by atoms with E-state index in [2.05, 4.69) is 5.32 Å². The van der Waals surface area contributed by atoms with Gasteiger partial charge in [-0.25, -0.2) is 0 Å². The van der Waals surface area contributed by atoms with E-state index in [1.54, 1.807) is 0 Å². The molecule has 3 rings (SSSR count). The molecule has 1 amide bonds. The summed E-state index contributed by atoms with van der Waals surface area (Å²) in [6, 6.07) is 4.51. The minimum Gasteiger partial charge on any atom is -0.481 e. The zero-order valence-corrected chi connectivity index (χ0v) is 18.7. The summed E-state index contributed by atoms with van der Waals surface area (Å²) in [4.78, 5) is 20.8. The molecule has 0 aliphatic heterocycles. The highest BCUT2D eigenvalue weighted by atomic mass is 35.5. The molecule has 4 atom stereocenters. The van der Waals surface area contributed by atoms with Crippen molar-refractivity contribution in [2.24, 2.45) is 11.8 Å². The number of halogens is 8. The van der Waals surface area contributed by atoms with Crippen LogP contribution in [0.3, 0.4) is 0 Å². The lowest BCUT2D eigenvalue weighted by Crippen LogP contribution is -2.47. The molecule has 4 nitrogen and oxygen atoms in total. The van der Waals surface area contributed by atoms with Gasteiger partial charge in [0, 0.05) is 0 Å². The summed E-state index contributed by atoms with van der Waals surface area (Å²) in [6.45, 7) is 0. The van der Waals surface area contributed by atoms with Crippen molar-refractivity contribution in [2.75, 3.05) is 5.32 Å². The Bertz CT molecular complexity index is 903. The molecule has 2 aliphatic carbocycles. The van der Waals surface area contributed by atoms with E-state index in [0.29, 0.717) is 0 Å². The number of allylic oxidation sites excluding steroid dienone is 2. The Hall–Kier alpha value is 0.220. The quantitative estimate of drug-likeness (QED) is 0.463. The van der Waals surface area contributed by atoms with Crippen molar-refractivity contribution >= 4 is 110 Å². The molecule has 0 unspecified atom stereocenters. The summed E-state index contributed by atoms with van der Waals surface area (Å²) in [5, 5.41) is 11.8. The van der Waals surface area contributed by atoms with Gasteiger partial charge in [-0.2, -0.15) is 0 Å². The molecule has 2 aliphatic rings. The number of amides is 1. The van der Waals surface area contributed by atoms with Gasteiger partial charge in [-0.15, -0.1) is 23.2 Å². The molecule has 1 aromatic rings. The van der Waals surface area contributed by atoms with Crippen molar-refractivity contribution in [3.8, 4) is 0 Å². The van der Waals surface area contributed by atoms with E-state index in [-0.39, 0.29) is 25.8 Å². The minimum atomic E-state index is -2.18. The van der Waals surface area contributed by atoms with E-state index in [9.17, 15) is 14.7 Å². The van der Waals surface area contributed by atoms with Gasteiger partial charge in [-0.3, -0.25) is 9.59 Å². The summed E-state index contributed by atoms with van der Waals surface area (Å²) >= 11 is 50.0. The third kappa shape index (κ3) is 2.65. The number of carbonyl (C=O) groups excluding carboxylic acids is 1. The number of carboxylic acid groups (broad SMARTS) is 1. The Labute approximate surface area is 193 Å². The standard InChI is InChI=1S/C15H7Cl8NO3/c16-4-2-1-3-5(8(4)17)24-11(25)6-7(12(26)27)14(21)10(19)9(18)13(6,20)15(14,22)23/h1-3,6-7H,(H,24,25)(H,26,27)/t6-,7+,13-,14-/m0/s1. The van der Waals surface area contributed by atoms with Crippen LogP contribution in [0.4, 0.5) is 5.69 Å². The third-order valence-electron chi connectivity index (χ3n) is 4.69. The van der Waals surface area contributed by atoms with Gasteiger partial charge < -0.3 is 10.4 Å². The first-order valence-corrected chi connectivity index (χ1v) is 10.1. The summed E-state index contributed by atoms with van der Waals surface area (Å²) in [5.74, 6) is -5.57. The fraction of sp³-hybridized carbons (Fsp3) is 0.333. The van der Waals surface area contributed by atoms with Gasteiger partial charge in [-0.1, -0.05) is 75.7 Å². The Balaban J connectivity index is 2.13. The highest BCUT2D eigenvalue weighted by molar-refractivity contribution is 6.66. The Morgan fingerprint density at radius 2 is 1.44 bits per heavy atom. The number of fused-ring (bicyclic) bond motifs is 2. The van der Waals surface area contributed by atoms with Crippen LogP contribution in [0.1, 0.15) is 0 Å². The largest absolute Gasteiger partial charge is 0.481 e. The van der Waals surface area contributed by atoms with Crippen molar-refractivity contribution in [2.45, 2.75) is 14.1 Å². The van der Waals surface area contributed by atoms with E-state index in [1.807, 2.05) is 0 Å². The second-order valence-electron chi connectivity index (χ2n) is 6.01. The Kier molecular flexibility index (Phi) is 5.59. The van der Waals surface area contributed by atoms with Crippen molar-refractivity contribution in [1.82, 2.24) is 0 Å². The van der Waals surface area contributed by atoms with Crippen LogP contribution in [0.25, 0.3) is 0 Å². The first-order valence-electron chi connectivity index (χ1n) is 7.13. The summed E-state index contributed by atoms with van der Waals surface area (Å²) in [5.41, 5.74) is 0.130. The summed E-state index contributed by atoms with van der Waals surface area (Å²) in [7, 11) is 0. The predicted molar refractivity (Wildman–Crippen MR) is 110 cm³/mol. The molecule has 0 aromatic heterocycles. The molecule has 12 heteroatoms. The molecule has 1 saturated carbocycles. The molecule has 2 N–H and O–H groups in total. The maximum atomic E-state index is 13.0. The molecule has 146 valence electrons. The molecule has 1 aromatic carbocycles. The number of rotatable bonds is 3. The molecular formula is C15H7Cl8NO3. The number of carbonyl (C=O) groups is 2. The van der Waals surface area contributed by atoms with Crippen LogP contribution in [0, 0.1) is 11.8 Å². The van der Waals surface area contributed by atoms with Gasteiger partial charge in [0.15, 0.2) is 4.33 Å². The number of hydrogen-bond donors (Lipinski definition) is 2. The highest BCUT2D eigenvalue weighted by Crippen LogP contribution is 2.76. The van der Waals surface area contributed by atoms with Gasteiger partial charge in [0.05, 0.1) is 37.6 Å². The van der Waals surface area contributed by atoms with Gasteiger partial charge in [0.25, 0.3) is 0 Å². The number of anilines is 1. The number of nitrogens with one attached hydrogen (secondary N) is 1. The summed E-state index contributed by atoms with van der Waals surface area (Å²) < 4.78 is -2.18. The van der Waals surface area contributed by atoms with Gasteiger partial charge >= 0.3 is 5.97 Å². The Morgan fingerprint density at radius 1 is 0.926 bits per heavy atom. The van der Waals surface area contributed by atoms with E-state index in [1.165, 1.54) is 18.2 Å². The molecule has 0 heterocycles. The number of benzene rings is 1. The normalized spacial score (nSPS) is 34.1. The fourth-order valence-corrected chi connectivity index (χ4v) is 6.72. The number of alkyl halides is 4. The lowest BCUT2D eigenvalue weighted by Gasteiger charge is -2.33. The molecule has 27 heavy (non-hydrogen) atoms. The topological polar surface area (TPSA) is 66.4 Å². The number of aliphatic carboxylic acids is 1. The van der Waals surface area contributed by atoms with Crippen LogP contribution < -0.4 is 5.32 Å². The molecule has 0 saturated heterocycles. The van der Waals surface area contributed by atoms with Crippen molar-refractivity contribution in [3.63, 3.8) is 0 Å². The molecule has 1 fully saturated rings. The smallest absolute Gasteiger partial charge is 0.309 e. The van der Waals surface area contributed by atoms with Crippen LogP contribution in [0.2, 0.25) is 10.0 Å². The third-order valence-corrected chi connectivity index (χ3v) is 9.77. The van der Waals surface area contributed by atoms with Gasteiger partial charge in [-0.05, 0) is 12.1 Å². The molecular weight excluding hydrogens is 526 g/mol. The predicted octanol–water partition coefficient (Wildman–Crippen LogP) is 6.09. The SMILES string of the molecule is O=C(Nc1cccc(Cl)c1Cl)[C@@H]1[C@H](C(=O)O)[C@]2(Cl)C(Cl)=C(Cl)[C@]1(Cl)C2(Cl)Cl. The summed E-state index contributed by atoms with van der Waals surface area (Å²) in [6.07, 6.45) is 0. The second-order valence-corrected chi connectivity index (χ2v) is 10.1. The minimum absolute atomic E-state index is 0.0504. The van der Waals surface area contributed by atoms with Crippen LogP contribution >= 0.6 is 92.8 Å². The molecule has 0 radical (unpaired) electrons. The van der Waals surface area contributed by atoms with E-state index < -0.39 is 37.8 Å². The monoisotopic (exact) mass is 529 g/mol. The Morgan fingerprint density at radius 3 is 1.96 bits per heavy atom. The van der Waals surface area contributed by atoms with Crippen LogP contribution in [0.5, 0.6) is 0 Å². The average Bonchev–Trinajstić information content (AvgIpc) is 2.79. The molecule has 2 bridgehead atoms.